The molecule has 0 aliphatic carbocycles. The molecule has 0 atom stereocenters. The van der Waals surface area contributed by atoms with Crippen LogP contribution in [0.4, 0.5) is 10.5 Å². The number of benzene rings is 1. The van der Waals surface area contributed by atoms with Gasteiger partial charge in [0.05, 0.1) is 39.3 Å². The van der Waals surface area contributed by atoms with E-state index in [2.05, 4.69) is 43.6 Å². The Morgan fingerprint density at radius 3 is 2.74 bits per heavy atom. The van der Waals surface area contributed by atoms with Crippen molar-refractivity contribution in [2.75, 3.05) is 31.1 Å². The molecule has 1 fully saturated rings. The highest BCUT2D eigenvalue weighted by atomic mass is 32.1. The molecule has 1 aliphatic rings. The normalized spacial score (nSPS) is 14.3. The molecule has 0 bridgehead atoms. The second kappa shape index (κ2) is 8.45. The zero-order chi connectivity index (χ0) is 23.1. The fraction of sp³-hybridized carbons (Fsp3) is 0.250. The van der Waals surface area contributed by atoms with Gasteiger partial charge in [0, 0.05) is 63.3 Å². The van der Waals surface area contributed by atoms with Gasteiger partial charge in [0.1, 0.15) is 0 Å². The summed E-state index contributed by atoms with van der Waals surface area (Å²) < 4.78 is 4.87. The molecule has 0 saturated carbocycles. The SMILES string of the molecule is Cn1cc(-c2ccc3c(N4CCN(C(=O)NCc5ccc6scnc6c5)CC4)cnn3c2)cn1. The van der Waals surface area contributed by atoms with Gasteiger partial charge in [0.2, 0.25) is 0 Å². The first kappa shape index (κ1) is 20.7. The highest BCUT2D eigenvalue weighted by Crippen LogP contribution is 2.26. The van der Waals surface area contributed by atoms with E-state index in [0.29, 0.717) is 19.6 Å². The number of aryl methyl sites for hydroxylation is 1. The third-order valence-electron chi connectivity index (χ3n) is 6.28. The quantitative estimate of drug-likeness (QED) is 0.434. The maximum absolute atomic E-state index is 12.7. The van der Waals surface area contributed by atoms with Crippen LogP contribution in [0.2, 0.25) is 0 Å². The van der Waals surface area contributed by atoms with Gasteiger partial charge in [-0.1, -0.05) is 12.1 Å². The zero-order valence-corrected chi connectivity index (χ0v) is 19.6. The Morgan fingerprint density at radius 2 is 1.91 bits per heavy atom. The molecule has 10 heteroatoms. The lowest BCUT2D eigenvalue weighted by Gasteiger charge is -2.35. The molecule has 0 spiro atoms. The van der Waals surface area contributed by atoms with Gasteiger partial charge in [-0.2, -0.15) is 10.2 Å². The minimum Gasteiger partial charge on any atom is -0.365 e. The summed E-state index contributed by atoms with van der Waals surface area (Å²) in [6, 6.07) is 10.3. The predicted molar refractivity (Wildman–Crippen MR) is 133 cm³/mol. The standard InChI is InChI=1S/C24H24N8OS/c1-29-14-19(12-27-29)18-3-4-21-22(13-28-32(21)15-18)30-6-8-31(9-7-30)24(33)25-11-17-2-5-23-20(10-17)26-16-34-23/h2-5,10,12-16H,6-9,11H2,1H3,(H,25,33). The number of urea groups is 1. The predicted octanol–water partition coefficient (Wildman–Crippen LogP) is 3.38. The number of aromatic nitrogens is 5. The first-order valence-corrected chi connectivity index (χ1v) is 12.1. The summed E-state index contributed by atoms with van der Waals surface area (Å²) in [5, 5.41) is 11.9. The molecule has 4 aromatic heterocycles. The molecule has 0 unspecified atom stereocenters. The lowest BCUT2D eigenvalue weighted by molar-refractivity contribution is 0.194. The van der Waals surface area contributed by atoms with Crippen LogP contribution in [0.25, 0.3) is 26.9 Å². The van der Waals surface area contributed by atoms with Crippen molar-refractivity contribution in [2.24, 2.45) is 7.05 Å². The van der Waals surface area contributed by atoms with E-state index in [9.17, 15) is 4.79 Å². The lowest BCUT2D eigenvalue weighted by atomic mass is 10.1. The summed E-state index contributed by atoms with van der Waals surface area (Å²) in [6.07, 6.45) is 7.79. The molecule has 1 N–H and O–H groups in total. The van der Waals surface area contributed by atoms with Crippen LogP contribution in [0, 0.1) is 0 Å². The average molecular weight is 473 g/mol. The Labute approximate surface area is 200 Å². The number of pyridine rings is 1. The van der Waals surface area contributed by atoms with Crippen LogP contribution in [0.15, 0.2) is 60.6 Å². The summed E-state index contributed by atoms with van der Waals surface area (Å²) in [7, 11) is 1.91. The van der Waals surface area contributed by atoms with Crippen molar-refractivity contribution >= 4 is 38.8 Å². The number of nitrogens with zero attached hydrogens (tertiary/aromatic N) is 7. The number of carbonyl (C=O) groups excluding carboxylic acids is 1. The summed E-state index contributed by atoms with van der Waals surface area (Å²) >= 11 is 1.62. The Hall–Kier alpha value is -3.92. The van der Waals surface area contributed by atoms with Gasteiger partial charge in [-0.25, -0.2) is 14.3 Å². The monoisotopic (exact) mass is 472 g/mol. The van der Waals surface area contributed by atoms with Crippen molar-refractivity contribution in [1.82, 2.24) is 34.6 Å². The first-order chi connectivity index (χ1) is 16.6. The number of thiazole rings is 1. The van der Waals surface area contributed by atoms with E-state index >= 15 is 0 Å². The Kier molecular flexibility index (Phi) is 5.14. The van der Waals surface area contributed by atoms with Crippen molar-refractivity contribution in [3.8, 4) is 11.1 Å². The third kappa shape index (κ3) is 3.86. The van der Waals surface area contributed by atoms with Crippen LogP contribution >= 0.6 is 11.3 Å². The van der Waals surface area contributed by atoms with Gasteiger partial charge in [0.15, 0.2) is 0 Å². The minimum atomic E-state index is -0.0287. The molecule has 6 rings (SSSR count). The number of piperazine rings is 1. The number of hydrogen-bond donors (Lipinski definition) is 1. The largest absolute Gasteiger partial charge is 0.365 e. The molecule has 1 saturated heterocycles. The molecule has 1 aromatic carbocycles. The van der Waals surface area contributed by atoms with Gasteiger partial charge in [-0.05, 0) is 23.8 Å². The topological polar surface area (TPSA) is 83.6 Å². The van der Waals surface area contributed by atoms with Gasteiger partial charge in [-0.3, -0.25) is 4.68 Å². The van der Waals surface area contributed by atoms with Crippen molar-refractivity contribution in [3.05, 3.63) is 66.2 Å². The number of amides is 2. The maximum Gasteiger partial charge on any atom is 0.317 e. The van der Waals surface area contributed by atoms with Gasteiger partial charge < -0.3 is 15.1 Å². The average Bonchev–Trinajstić information content (AvgIpc) is 3.61. The van der Waals surface area contributed by atoms with Gasteiger partial charge in [0.25, 0.3) is 0 Å². The number of hydrogen-bond acceptors (Lipinski definition) is 6. The van der Waals surface area contributed by atoms with Crippen molar-refractivity contribution in [3.63, 3.8) is 0 Å². The maximum atomic E-state index is 12.7. The summed E-state index contributed by atoms with van der Waals surface area (Å²) in [5.74, 6) is 0. The molecule has 9 nitrogen and oxygen atoms in total. The molecule has 2 amide bonds. The van der Waals surface area contributed by atoms with Crippen LogP contribution in [-0.4, -0.2) is 61.5 Å². The summed E-state index contributed by atoms with van der Waals surface area (Å²) in [4.78, 5) is 21.3. The molecular formula is C24H24N8OS. The molecule has 0 radical (unpaired) electrons. The summed E-state index contributed by atoms with van der Waals surface area (Å²) in [6.45, 7) is 3.37. The Balaban J connectivity index is 1.08. The molecule has 34 heavy (non-hydrogen) atoms. The van der Waals surface area contributed by atoms with E-state index in [4.69, 9.17) is 0 Å². The lowest BCUT2D eigenvalue weighted by Crippen LogP contribution is -2.51. The zero-order valence-electron chi connectivity index (χ0n) is 18.8. The van der Waals surface area contributed by atoms with E-state index in [1.807, 2.05) is 58.9 Å². The van der Waals surface area contributed by atoms with Crippen molar-refractivity contribution in [2.45, 2.75) is 6.54 Å². The van der Waals surface area contributed by atoms with Crippen LogP contribution in [0.1, 0.15) is 5.56 Å². The smallest absolute Gasteiger partial charge is 0.317 e. The second-order valence-electron chi connectivity index (χ2n) is 8.47. The van der Waals surface area contributed by atoms with E-state index in [0.717, 1.165) is 51.2 Å². The van der Waals surface area contributed by atoms with Crippen LogP contribution in [0.5, 0.6) is 0 Å². The minimum absolute atomic E-state index is 0.0287. The fourth-order valence-electron chi connectivity index (χ4n) is 4.41. The van der Waals surface area contributed by atoms with E-state index in [-0.39, 0.29) is 6.03 Å². The molecule has 5 heterocycles. The number of carbonyl (C=O) groups is 1. The molecular weight excluding hydrogens is 448 g/mol. The van der Waals surface area contributed by atoms with Crippen LogP contribution < -0.4 is 10.2 Å². The van der Waals surface area contributed by atoms with E-state index in [1.165, 1.54) is 0 Å². The number of nitrogens with one attached hydrogen (secondary N) is 1. The van der Waals surface area contributed by atoms with Crippen LogP contribution in [-0.2, 0) is 13.6 Å². The van der Waals surface area contributed by atoms with Crippen LogP contribution in [0.3, 0.4) is 0 Å². The Bertz CT molecular complexity index is 1480. The Morgan fingerprint density at radius 1 is 1.03 bits per heavy atom. The highest BCUT2D eigenvalue weighted by Gasteiger charge is 2.23. The summed E-state index contributed by atoms with van der Waals surface area (Å²) in [5.41, 5.74) is 8.17. The first-order valence-electron chi connectivity index (χ1n) is 11.2. The number of fused-ring (bicyclic) bond motifs is 2. The second-order valence-corrected chi connectivity index (χ2v) is 9.35. The fourth-order valence-corrected chi connectivity index (χ4v) is 5.07. The molecule has 5 aromatic rings. The van der Waals surface area contributed by atoms with Crippen molar-refractivity contribution < 1.29 is 4.79 Å². The molecule has 172 valence electrons. The van der Waals surface area contributed by atoms with Gasteiger partial charge >= 0.3 is 6.03 Å². The third-order valence-corrected chi connectivity index (χ3v) is 7.09. The van der Waals surface area contributed by atoms with Gasteiger partial charge in [-0.15, -0.1) is 11.3 Å². The highest BCUT2D eigenvalue weighted by molar-refractivity contribution is 7.16. The number of anilines is 1. The van der Waals surface area contributed by atoms with E-state index in [1.54, 1.807) is 16.0 Å². The number of rotatable bonds is 4. The molecule has 1 aliphatic heterocycles. The van der Waals surface area contributed by atoms with E-state index < -0.39 is 0 Å². The van der Waals surface area contributed by atoms with Crippen molar-refractivity contribution in [1.29, 1.82) is 0 Å².